The standard InChI is InChI=1S/C16H27N/c1-5-12(4)10-16(17)15-9-8-13(6-2)14(7-3)11-15/h8-9,11-12,16H,5-7,10,17H2,1-4H3. The Balaban J connectivity index is 2.84. The zero-order valence-corrected chi connectivity index (χ0v) is 11.8. The Morgan fingerprint density at radius 2 is 1.71 bits per heavy atom. The van der Waals surface area contributed by atoms with Crippen LogP contribution in [0.3, 0.4) is 0 Å². The summed E-state index contributed by atoms with van der Waals surface area (Å²) in [6.45, 7) is 8.95. The number of rotatable bonds is 6. The molecule has 0 radical (unpaired) electrons. The Labute approximate surface area is 106 Å². The van der Waals surface area contributed by atoms with Crippen molar-refractivity contribution in [2.75, 3.05) is 0 Å². The van der Waals surface area contributed by atoms with Crippen molar-refractivity contribution in [3.63, 3.8) is 0 Å². The molecule has 0 spiro atoms. The van der Waals surface area contributed by atoms with Crippen molar-refractivity contribution in [1.82, 2.24) is 0 Å². The minimum atomic E-state index is 0.196. The monoisotopic (exact) mass is 233 g/mol. The summed E-state index contributed by atoms with van der Waals surface area (Å²) >= 11 is 0. The average molecular weight is 233 g/mol. The van der Waals surface area contributed by atoms with Crippen molar-refractivity contribution < 1.29 is 0 Å². The van der Waals surface area contributed by atoms with Crippen LogP contribution >= 0.6 is 0 Å². The number of aryl methyl sites for hydroxylation is 2. The molecule has 0 aromatic heterocycles. The van der Waals surface area contributed by atoms with E-state index in [0.717, 1.165) is 19.3 Å². The summed E-state index contributed by atoms with van der Waals surface area (Å²) in [5.41, 5.74) is 10.5. The van der Waals surface area contributed by atoms with Crippen LogP contribution in [0.25, 0.3) is 0 Å². The summed E-state index contributed by atoms with van der Waals surface area (Å²) in [5.74, 6) is 0.709. The Morgan fingerprint density at radius 1 is 1.06 bits per heavy atom. The van der Waals surface area contributed by atoms with Crippen LogP contribution in [-0.4, -0.2) is 0 Å². The molecule has 0 aliphatic heterocycles. The zero-order valence-electron chi connectivity index (χ0n) is 11.8. The lowest BCUT2D eigenvalue weighted by atomic mass is 9.92. The van der Waals surface area contributed by atoms with Gasteiger partial charge in [-0.15, -0.1) is 0 Å². The van der Waals surface area contributed by atoms with Gasteiger partial charge in [0, 0.05) is 6.04 Å². The van der Waals surface area contributed by atoms with E-state index in [0.29, 0.717) is 5.92 Å². The lowest BCUT2D eigenvalue weighted by molar-refractivity contribution is 0.461. The first kappa shape index (κ1) is 14.2. The highest BCUT2D eigenvalue weighted by molar-refractivity contribution is 5.33. The van der Waals surface area contributed by atoms with Crippen LogP contribution in [0.4, 0.5) is 0 Å². The molecule has 17 heavy (non-hydrogen) atoms. The van der Waals surface area contributed by atoms with E-state index in [9.17, 15) is 0 Å². The molecule has 2 atom stereocenters. The molecular formula is C16H27N. The van der Waals surface area contributed by atoms with Crippen molar-refractivity contribution in [3.05, 3.63) is 34.9 Å². The maximum atomic E-state index is 6.29. The normalized spacial score (nSPS) is 14.6. The highest BCUT2D eigenvalue weighted by Gasteiger charge is 2.11. The smallest absolute Gasteiger partial charge is 0.0297 e. The molecule has 0 amide bonds. The van der Waals surface area contributed by atoms with Crippen LogP contribution < -0.4 is 5.73 Å². The highest BCUT2D eigenvalue weighted by atomic mass is 14.6. The zero-order chi connectivity index (χ0) is 12.8. The third-order valence-electron chi connectivity index (χ3n) is 3.77. The van der Waals surface area contributed by atoms with Crippen LogP contribution in [0.2, 0.25) is 0 Å². The molecule has 1 nitrogen and oxygen atoms in total. The lowest BCUT2D eigenvalue weighted by Crippen LogP contribution is -2.14. The maximum Gasteiger partial charge on any atom is 0.0297 e. The van der Waals surface area contributed by atoms with Crippen LogP contribution in [0.5, 0.6) is 0 Å². The Bertz CT molecular complexity index is 343. The van der Waals surface area contributed by atoms with E-state index < -0.39 is 0 Å². The summed E-state index contributed by atoms with van der Waals surface area (Å²) < 4.78 is 0. The van der Waals surface area contributed by atoms with Gasteiger partial charge in [0.15, 0.2) is 0 Å². The van der Waals surface area contributed by atoms with E-state index in [-0.39, 0.29) is 6.04 Å². The summed E-state index contributed by atoms with van der Waals surface area (Å²) in [5, 5.41) is 0. The first-order valence-corrected chi connectivity index (χ1v) is 6.99. The van der Waals surface area contributed by atoms with Gasteiger partial charge in [-0.3, -0.25) is 0 Å². The van der Waals surface area contributed by atoms with Gasteiger partial charge in [0.2, 0.25) is 0 Å². The molecule has 1 aromatic rings. The Hall–Kier alpha value is -0.820. The van der Waals surface area contributed by atoms with Crippen molar-refractivity contribution in [2.45, 2.75) is 59.4 Å². The molecule has 0 bridgehead atoms. The minimum Gasteiger partial charge on any atom is -0.324 e. The molecule has 0 aliphatic carbocycles. The van der Waals surface area contributed by atoms with Gasteiger partial charge in [0.25, 0.3) is 0 Å². The lowest BCUT2D eigenvalue weighted by Gasteiger charge is -2.18. The Kier molecular flexibility index (Phi) is 5.70. The molecule has 96 valence electrons. The summed E-state index contributed by atoms with van der Waals surface area (Å²) in [6, 6.07) is 6.97. The van der Waals surface area contributed by atoms with Crippen molar-refractivity contribution in [3.8, 4) is 0 Å². The van der Waals surface area contributed by atoms with Gasteiger partial charge < -0.3 is 5.73 Å². The van der Waals surface area contributed by atoms with Crippen molar-refractivity contribution >= 4 is 0 Å². The molecule has 0 saturated heterocycles. The fourth-order valence-electron chi connectivity index (χ4n) is 2.29. The van der Waals surface area contributed by atoms with Gasteiger partial charge in [-0.2, -0.15) is 0 Å². The van der Waals surface area contributed by atoms with Crippen LogP contribution in [-0.2, 0) is 12.8 Å². The van der Waals surface area contributed by atoms with Crippen LogP contribution in [0, 0.1) is 5.92 Å². The average Bonchev–Trinajstić information content (AvgIpc) is 2.37. The van der Waals surface area contributed by atoms with E-state index in [2.05, 4.69) is 45.9 Å². The molecular weight excluding hydrogens is 206 g/mol. The summed E-state index contributed by atoms with van der Waals surface area (Å²) in [4.78, 5) is 0. The maximum absolute atomic E-state index is 6.29. The van der Waals surface area contributed by atoms with Gasteiger partial charge in [-0.25, -0.2) is 0 Å². The van der Waals surface area contributed by atoms with E-state index in [4.69, 9.17) is 5.73 Å². The molecule has 0 saturated carbocycles. The fourth-order valence-corrected chi connectivity index (χ4v) is 2.29. The van der Waals surface area contributed by atoms with Crippen LogP contribution in [0.1, 0.15) is 63.3 Å². The van der Waals surface area contributed by atoms with E-state index in [1.165, 1.54) is 23.1 Å². The molecule has 0 heterocycles. The second-order valence-corrected chi connectivity index (χ2v) is 5.09. The van der Waals surface area contributed by atoms with Gasteiger partial charge in [-0.1, -0.05) is 52.3 Å². The minimum absolute atomic E-state index is 0.196. The number of nitrogens with two attached hydrogens (primary N) is 1. The first-order valence-electron chi connectivity index (χ1n) is 6.99. The summed E-state index contributed by atoms with van der Waals surface area (Å²) in [7, 11) is 0. The molecule has 1 aromatic carbocycles. The van der Waals surface area contributed by atoms with Gasteiger partial charge >= 0.3 is 0 Å². The van der Waals surface area contributed by atoms with E-state index in [1.807, 2.05) is 0 Å². The van der Waals surface area contributed by atoms with Crippen LogP contribution in [0.15, 0.2) is 18.2 Å². The highest BCUT2D eigenvalue weighted by Crippen LogP contribution is 2.23. The predicted octanol–water partition coefficient (Wildman–Crippen LogP) is 4.25. The third kappa shape index (κ3) is 3.85. The van der Waals surface area contributed by atoms with E-state index >= 15 is 0 Å². The largest absolute Gasteiger partial charge is 0.324 e. The molecule has 1 heteroatoms. The van der Waals surface area contributed by atoms with E-state index in [1.54, 1.807) is 0 Å². The molecule has 2 unspecified atom stereocenters. The third-order valence-corrected chi connectivity index (χ3v) is 3.77. The molecule has 2 N–H and O–H groups in total. The summed E-state index contributed by atoms with van der Waals surface area (Å²) in [6.07, 6.45) is 4.52. The molecule has 1 rings (SSSR count). The molecule has 0 aliphatic rings. The SMILES string of the molecule is CCc1ccc(C(N)CC(C)CC)cc1CC. The second kappa shape index (κ2) is 6.80. The first-order chi connectivity index (χ1) is 8.12. The predicted molar refractivity (Wildman–Crippen MR) is 76.2 cm³/mol. The Morgan fingerprint density at radius 3 is 2.24 bits per heavy atom. The van der Waals surface area contributed by atoms with Gasteiger partial charge in [-0.05, 0) is 41.9 Å². The number of benzene rings is 1. The fraction of sp³-hybridized carbons (Fsp3) is 0.625. The number of hydrogen-bond donors (Lipinski definition) is 1. The second-order valence-electron chi connectivity index (χ2n) is 5.09. The van der Waals surface area contributed by atoms with Gasteiger partial charge in [0.05, 0.1) is 0 Å². The number of hydrogen-bond acceptors (Lipinski definition) is 1. The van der Waals surface area contributed by atoms with Crippen molar-refractivity contribution in [2.24, 2.45) is 11.7 Å². The quantitative estimate of drug-likeness (QED) is 0.781. The van der Waals surface area contributed by atoms with Gasteiger partial charge in [0.1, 0.15) is 0 Å². The molecule has 0 fully saturated rings. The van der Waals surface area contributed by atoms with Crippen molar-refractivity contribution in [1.29, 1.82) is 0 Å². The topological polar surface area (TPSA) is 26.0 Å².